The molecule has 0 bridgehead atoms. The highest BCUT2D eigenvalue weighted by Gasteiger charge is 2.06. The van der Waals surface area contributed by atoms with Crippen molar-refractivity contribution >= 4 is 5.69 Å². The topological polar surface area (TPSA) is 15.3 Å². The fourth-order valence-corrected chi connectivity index (χ4v) is 1.89. The molecule has 1 aromatic rings. The maximum atomic E-state index is 3.52. The summed E-state index contributed by atoms with van der Waals surface area (Å²) in [6.45, 7) is 11.9. The zero-order valence-electron chi connectivity index (χ0n) is 11.9. The second-order valence-electron chi connectivity index (χ2n) is 5.17. The molecule has 0 saturated carbocycles. The molecule has 2 heteroatoms. The Morgan fingerprint density at radius 2 is 2.00 bits per heavy atom. The highest BCUT2D eigenvalue weighted by molar-refractivity contribution is 5.54. The zero-order valence-corrected chi connectivity index (χ0v) is 11.9. The van der Waals surface area contributed by atoms with E-state index in [0.717, 1.165) is 19.6 Å². The summed E-state index contributed by atoms with van der Waals surface area (Å²) in [5, 5.41) is 3.52. The fraction of sp³-hybridized carbons (Fsp3) is 0.600. The number of benzene rings is 1. The molecule has 0 aliphatic carbocycles. The molecule has 0 radical (unpaired) electrons. The maximum absolute atomic E-state index is 3.52. The van der Waals surface area contributed by atoms with Crippen molar-refractivity contribution in [3.8, 4) is 0 Å². The van der Waals surface area contributed by atoms with E-state index in [0.29, 0.717) is 5.92 Å². The van der Waals surface area contributed by atoms with Gasteiger partial charge >= 0.3 is 0 Å². The standard InChI is InChI=1S/C15H26N2/c1-6-17(5)15-8-7-13(4)9-14(15)11-16-10-12(2)3/h7-9,12,16H,6,10-11H2,1-5H3. The number of hydrogen-bond donors (Lipinski definition) is 1. The highest BCUT2D eigenvalue weighted by atomic mass is 15.1. The van der Waals surface area contributed by atoms with Crippen molar-refractivity contribution in [3.05, 3.63) is 29.3 Å². The summed E-state index contributed by atoms with van der Waals surface area (Å²) in [4.78, 5) is 2.30. The lowest BCUT2D eigenvalue weighted by Gasteiger charge is -2.21. The van der Waals surface area contributed by atoms with Crippen molar-refractivity contribution in [1.29, 1.82) is 0 Å². The number of aryl methyl sites for hydroxylation is 1. The molecule has 1 rings (SSSR count). The smallest absolute Gasteiger partial charge is 0.0409 e. The first-order valence-electron chi connectivity index (χ1n) is 6.56. The van der Waals surface area contributed by atoms with Crippen molar-refractivity contribution in [2.45, 2.75) is 34.2 Å². The van der Waals surface area contributed by atoms with Crippen LogP contribution in [0.4, 0.5) is 5.69 Å². The van der Waals surface area contributed by atoms with E-state index in [4.69, 9.17) is 0 Å². The van der Waals surface area contributed by atoms with Crippen LogP contribution in [0, 0.1) is 12.8 Å². The second-order valence-corrected chi connectivity index (χ2v) is 5.17. The first kappa shape index (κ1) is 14.0. The Balaban J connectivity index is 2.76. The van der Waals surface area contributed by atoms with Gasteiger partial charge in [-0.05, 0) is 37.9 Å². The SMILES string of the molecule is CCN(C)c1ccc(C)cc1CNCC(C)C. The van der Waals surface area contributed by atoms with Gasteiger partial charge in [-0.3, -0.25) is 0 Å². The van der Waals surface area contributed by atoms with Gasteiger partial charge in [0.2, 0.25) is 0 Å². The molecular formula is C15H26N2. The molecule has 0 aliphatic rings. The van der Waals surface area contributed by atoms with Gasteiger partial charge < -0.3 is 10.2 Å². The van der Waals surface area contributed by atoms with Gasteiger partial charge in [0.1, 0.15) is 0 Å². The van der Waals surface area contributed by atoms with Gasteiger partial charge in [0.25, 0.3) is 0 Å². The van der Waals surface area contributed by atoms with Crippen molar-refractivity contribution in [2.75, 3.05) is 25.0 Å². The van der Waals surface area contributed by atoms with Gasteiger partial charge in [-0.2, -0.15) is 0 Å². The average molecular weight is 234 g/mol. The molecule has 2 nitrogen and oxygen atoms in total. The van der Waals surface area contributed by atoms with Gasteiger partial charge in [0.05, 0.1) is 0 Å². The van der Waals surface area contributed by atoms with Crippen LogP contribution in [0.15, 0.2) is 18.2 Å². The summed E-state index contributed by atoms with van der Waals surface area (Å²) in [6.07, 6.45) is 0. The van der Waals surface area contributed by atoms with Crippen LogP contribution in [0.25, 0.3) is 0 Å². The predicted octanol–water partition coefficient (Wildman–Crippen LogP) is 3.20. The Kier molecular flexibility index (Phi) is 5.49. The van der Waals surface area contributed by atoms with E-state index >= 15 is 0 Å². The molecule has 0 amide bonds. The van der Waals surface area contributed by atoms with Crippen molar-refractivity contribution in [2.24, 2.45) is 5.92 Å². The number of hydrogen-bond acceptors (Lipinski definition) is 2. The van der Waals surface area contributed by atoms with Crippen LogP contribution in [0.1, 0.15) is 31.9 Å². The third-order valence-electron chi connectivity index (χ3n) is 2.99. The Hall–Kier alpha value is -1.02. The molecule has 0 aromatic heterocycles. The maximum Gasteiger partial charge on any atom is 0.0409 e. The largest absolute Gasteiger partial charge is 0.375 e. The van der Waals surface area contributed by atoms with E-state index in [-0.39, 0.29) is 0 Å². The van der Waals surface area contributed by atoms with Crippen LogP contribution in [0.5, 0.6) is 0 Å². The molecular weight excluding hydrogens is 208 g/mol. The summed E-state index contributed by atoms with van der Waals surface area (Å²) in [5.74, 6) is 0.701. The Morgan fingerprint density at radius 1 is 1.29 bits per heavy atom. The summed E-state index contributed by atoms with van der Waals surface area (Å²) in [7, 11) is 2.15. The Labute approximate surface area is 106 Å². The lowest BCUT2D eigenvalue weighted by Crippen LogP contribution is -2.23. The first-order valence-corrected chi connectivity index (χ1v) is 6.56. The first-order chi connectivity index (χ1) is 8.04. The van der Waals surface area contributed by atoms with Crippen LogP contribution in [-0.4, -0.2) is 20.1 Å². The molecule has 1 N–H and O–H groups in total. The molecule has 0 unspecified atom stereocenters. The van der Waals surface area contributed by atoms with Gasteiger partial charge in [-0.25, -0.2) is 0 Å². The quantitative estimate of drug-likeness (QED) is 0.813. The van der Waals surface area contributed by atoms with E-state index < -0.39 is 0 Å². The van der Waals surface area contributed by atoms with Gasteiger partial charge in [0, 0.05) is 25.8 Å². The third kappa shape index (κ3) is 4.39. The van der Waals surface area contributed by atoms with E-state index in [2.05, 4.69) is 63.2 Å². The van der Waals surface area contributed by atoms with Crippen LogP contribution < -0.4 is 10.2 Å². The minimum absolute atomic E-state index is 0.701. The molecule has 0 atom stereocenters. The van der Waals surface area contributed by atoms with E-state index in [1.807, 2.05) is 0 Å². The van der Waals surface area contributed by atoms with E-state index in [1.54, 1.807) is 0 Å². The monoisotopic (exact) mass is 234 g/mol. The summed E-state index contributed by atoms with van der Waals surface area (Å²) in [5.41, 5.74) is 4.07. The third-order valence-corrected chi connectivity index (χ3v) is 2.99. The zero-order chi connectivity index (χ0) is 12.8. The minimum atomic E-state index is 0.701. The van der Waals surface area contributed by atoms with E-state index in [9.17, 15) is 0 Å². The summed E-state index contributed by atoms with van der Waals surface area (Å²) >= 11 is 0. The Bertz CT molecular complexity index is 345. The lowest BCUT2D eigenvalue weighted by molar-refractivity contribution is 0.552. The Morgan fingerprint density at radius 3 is 2.59 bits per heavy atom. The summed E-state index contributed by atoms with van der Waals surface area (Å²) < 4.78 is 0. The number of anilines is 1. The van der Waals surface area contributed by atoms with Gasteiger partial charge in [-0.1, -0.05) is 31.5 Å². The van der Waals surface area contributed by atoms with Crippen molar-refractivity contribution in [1.82, 2.24) is 5.32 Å². The van der Waals surface area contributed by atoms with Crippen molar-refractivity contribution < 1.29 is 0 Å². The predicted molar refractivity (Wildman–Crippen MR) is 76.7 cm³/mol. The van der Waals surface area contributed by atoms with Crippen molar-refractivity contribution in [3.63, 3.8) is 0 Å². The average Bonchev–Trinajstić information content (AvgIpc) is 2.28. The molecule has 0 heterocycles. The normalized spacial score (nSPS) is 10.9. The fourth-order valence-electron chi connectivity index (χ4n) is 1.89. The molecule has 0 saturated heterocycles. The summed E-state index contributed by atoms with van der Waals surface area (Å²) in [6, 6.07) is 6.70. The number of rotatable bonds is 6. The minimum Gasteiger partial charge on any atom is -0.375 e. The molecule has 0 aliphatic heterocycles. The highest BCUT2D eigenvalue weighted by Crippen LogP contribution is 2.20. The van der Waals surface area contributed by atoms with Crippen LogP contribution in [0.3, 0.4) is 0 Å². The van der Waals surface area contributed by atoms with Crippen LogP contribution >= 0.6 is 0 Å². The number of nitrogens with zero attached hydrogens (tertiary/aromatic N) is 1. The molecule has 17 heavy (non-hydrogen) atoms. The molecule has 1 aromatic carbocycles. The van der Waals surface area contributed by atoms with Gasteiger partial charge in [0.15, 0.2) is 0 Å². The number of nitrogens with one attached hydrogen (secondary N) is 1. The van der Waals surface area contributed by atoms with E-state index in [1.165, 1.54) is 16.8 Å². The molecule has 96 valence electrons. The lowest BCUT2D eigenvalue weighted by atomic mass is 10.1. The molecule has 0 fully saturated rings. The molecule has 0 spiro atoms. The van der Waals surface area contributed by atoms with Crippen LogP contribution in [0.2, 0.25) is 0 Å². The second kappa shape index (κ2) is 6.65. The van der Waals surface area contributed by atoms with Gasteiger partial charge in [-0.15, -0.1) is 0 Å². The van der Waals surface area contributed by atoms with Crippen LogP contribution in [-0.2, 0) is 6.54 Å².